The Balaban J connectivity index is 1.96. The van der Waals surface area contributed by atoms with Crippen molar-refractivity contribution < 1.29 is 5.11 Å². The van der Waals surface area contributed by atoms with Crippen molar-refractivity contribution in [3.63, 3.8) is 0 Å². The van der Waals surface area contributed by atoms with Gasteiger partial charge in [-0.3, -0.25) is 5.41 Å². The Hall–Kier alpha value is -1.07. The Morgan fingerprint density at radius 1 is 1.52 bits per heavy atom. The molecule has 21 heavy (non-hydrogen) atoms. The molecule has 1 saturated heterocycles. The average Bonchev–Trinajstić information content (AvgIpc) is 3.13. The molecule has 2 rings (SSSR count). The number of amidine groups is 1. The fraction of sp³-hybridized carbons (Fsp3) is 0.812. The molecule has 5 nitrogen and oxygen atoms in total. The largest absolute Gasteiger partial charge is 0.396 e. The van der Waals surface area contributed by atoms with Crippen LogP contribution in [0.3, 0.4) is 0 Å². The van der Waals surface area contributed by atoms with Crippen LogP contribution in [0.4, 0.5) is 0 Å². The van der Waals surface area contributed by atoms with Gasteiger partial charge in [-0.1, -0.05) is 13.8 Å². The highest BCUT2D eigenvalue weighted by Crippen LogP contribution is 2.45. The lowest BCUT2D eigenvalue weighted by Gasteiger charge is -2.20. The van der Waals surface area contributed by atoms with Crippen LogP contribution in [-0.2, 0) is 0 Å². The van der Waals surface area contributed by atoms with Crippen LogP contribution in [0, 0.1) is 23.2 Å². The first-order valence-electron chi connectivity index (χ1n) is 8.22. The van der Waals surface area contributed by atoms with E-state index in [0.29, 0.717) is 23.7 Å². The van der Waals surface area contributed by atoms with Crippen LogP contribution in [0.15, 0.2) is 11.8 Å². The van der Waals surface area contributed by atoms with Gasteiger partial charge in [0, 0.05) is 37.1 Å². The SMILES string of the molecule is CC[C@@H](C[C@@H](C)CO)N/C=C1/CCCNC(=N)C2C(N)[C@H]12. The van der Waals surface area contributed by atoms with Gasteiger partial charge in [-0.25, -0.2) is 0 Å². The lowest BCUT2D eigenvalue weighted by molar-refractivity contribution is 0.219. The molecule has 1 aliphatic heterocycles. The Kier molecular flexibility index (Phi) is 5.65. The number of fused-ring (bicyclic) bond motifs is 1. The molecule has 0 aromatic carbocycles. The number of nitrogens with two attached hydrogens (primary N) is 1. The molecule has 1 aliphatic carbocycles. The van der Waals surface area contributed by atoms with Crippen molar-refractivity contribution in [2.24, 2.45) is 23.5 Å². The lowest BCUT2D eigenvalue weighted by Crippen LogP contribution is -2.29. The highest BCUT2D eigenvalue weighted by atomic mass is 16.3. The molecule has 2 fully saturated rings. The Morgan fingerprint density at radius 2 is 2.29 bits per heavy atom. The van der Waals surface area contributed by atoms with Crippen LogP contribution in [0.1, 0.15) is 39.5 Å². The summed E-state index contributed by atoms with van der Waals surface area (Å²) in [4.78, 5) is 0. The molecule has 1 heterocycles. The maximum atomic E-state index is 9.19. The molecule has 0 spiro atoms. The molecular formula is C16H30N4O. The molecule has 2 unspecified atom stereocenters. The number of aliphatic hydroxyl groups is 1. The van der Waals surface area contributed by atoms with E-state index in [4.69, 9.17) is 11.1 Å². The number of aliphatic hydroxyl groups excluding tert-OH is 1. The highest BCUT2D eigenvalue weighted by molar-refractivity contribution is 5.86. The molecule has 5 heteroatoms. The van der Waals surface area contributed by atoms with Crippen LogP contribution in [-0.4, -0.2) is 36.2 Å². The van der Waals surface area contributed by atoms with Crippen molar-refractivity contribution >= 4 is 5.84 Å². The van der Waals surface area contributed by atoms with E-state index in [1.54, 1.807) is 0 Å². The van der Waals surface area contributed by atoms with E-state index in [0.717, 1.165) is 32.2 Å². The van der Waals surface area contributed by atoms with Gasteiger partial charge in [0.1, 0.15) is 0 Å². The van der Waals surface area contributed by atoms with Crippen molar-refractivity contribution in [3.8, 4) is 0 Å². The minimum absolute atomic E-state index is 0.104. The van der Waals surface area contributed by atoms with Crippen molar-refractivity contribution in [1.29, 1.82) is 5.41 Å². The quantitative estimate of drug-likeness (QED) is 0.508. The van der Waals surface area contributed by atoms with Gasteiger partial charge < -0.3 is 21.5 Å². The predicted molar refractivity (Wildman–Crippen MR) is 86.1 cm³/mol. The minimum Gasteiger partial charge on any atom is -0.396 e. The van der Waals surface area contributed by atoms with Crippen molar-refractivity contribution in [3.05, 3.63) is 11.8 Å². The zero-order valence-electron chi connectivity index (χ0n) is 13.2. The van der Waals surface area contributed by atoms with E-state index >= 15 is 0 Å². The maximum absolute atomic E-state index is 9.19. The maximum Gasteiger partial charge on any atom is 0.0985 e. The summed E-state index contributed by atoms with van der Waals surface area (Å²) in [7, 11) is 0. The van der Waals surface area contributed by atoms with Gasteiger partial charge in [-0.05, 0) is 43.4 Å². The summed E-state index contributed by atoms with van der Waals surface area (Å²) in [5.74, 6) is 1.46. The third kappa shape index (κ3) is 3.98. The third-order valence-corrected chi connectivity index (χ3v) is 4.79. The first-order valence-corrected chi connectivity index (χ1v) is 8.22. The Bertz CT molecular complexity index is 396. The molecule has 0 aromatic rings. The fourth-order valence-corrected chi connectivity index (χ4v) is 3.29. The second kappa shape index (κ2) is 7.27. The number of hydrogen-bond donors (Lipinski definition) is 5. The van der Waals surface area contributed by atoms with Gasteiger partial charge >= 0.3 is 0 Å². The first-order chi connectivity index (χ1) is 10.1. The first kappa shape index (κ1) is 16.3. The molecule has 0 aromatic heterocycles. The van der Waals surface area contributed by atoms with Gasteiger partial charge in [0.15, 0.2) is 0 Å². The molecule has 0 radical (unpaired) electrons. The molecule has 0 bridgehead atoms. The van der Waals surface area contributed by atoms with Crippen molar-refractivity contribution in [1.82, 2.24) is 10.6 Å². The lowest BCUT2D eigenvalue weighted by atomic mass is 9.99. The standard InChI is InChI=1S/C16H30N4O/c1-3-12(7-10(2)9-21)20-8-11-5-4-6-19-16(18)14-13(11)15(14)17/h8,10,12-15,20-21H,3-7,9,17H2,1-2H3,(H2,18,19)/b11-8-/t10-,12+,13-,14?,15?/m1/s1. The third-order valence-electron chi connectivity index (χ3n) is 4.79. The van der Waals surface area contributed by atoms with Gasteiger partial charge in [0.05, 0.1) is 5.84 Å². The fourth-order valence-electron chi connectivity index (χ4n) is 3.29. The van der Waals surface area contributed by atoms with Gasteiger partial charge in [0.25, 0.3) is 0 Å². The number of nitrogens with one attached hydrogen (secondary N) is 3. The number of rotatable bonds is 6. The van der Waals surface area contributed by atoms with Crippen molar-refractivity contribution in [2.45, 2.75) is 51.6 Å². The van der Waals surface area contributed by atoms with E-state index in [9.17, 15) is 5.11 Å². The van der Waals surface area contributed by atoms with Gasteiger partial charge in [-0.15, -0.1) is 0 Å². The summed E-state index contributed by atoms with van der Waals surface area (Å²) in [6.07, 6.45) is 6.28. The normalized spacial score (nSPS) is 33.4. The topological polar surface area (TPSA) is 94.2 Å². The summed E-state index contributed by atoms with van der Waals surface area (Å²) in [6, 6.07) is 0.503. The zero-order chi connectivity index (χ0) is 15.4. The van der Waals surface area contributed by atoms with E-state index in [1.165, 1.54) is 5.57 Å². The van der Waals surface area contributed by atoms with E-state index in [1.807, 2.05) is 0 Å². The van der Waals surface area contributed by atoms with Crippen molar-refractivity contribution in [2.75, 3.05) is 13.2 Å². The average molecular weight is 294 g/mol. The monoisotopic (exact) mass is 294 g/mol. The van der Waals surface area contributed by atoms with Gasteiger partial charge in [0.2, 0.25) is 0 Å². The number of hydrogen-bond acceptors (Lipinski definition) is 4. The van der Waals surface area contributed by atoms with E-state index in [-0.39, 0.29) is 18.6 Å². The Morgan fingerprint density at radius 3 is 2.95 bits per heavy atom. The molecule has 6 N–H and O–H groups in total. The smallest absolute Gasteiger partial charge is 0.0985 e. The minimum atomic E-state index is 0.104. The second-order valence-electron chi connectivity index (χ2n) is 6.59. The highest BCUT2D eigenvalue weighted by Gasteiger charge is 2.52. The van der Waals surface area contributed by atoms with E-state index in [2.05, 4.69) is 30.7 Å². The molecular weight excluding hydrogens is 264 g/mol. The van der Waals surface area contributed by atoms with Crippen LogP contribution in [0.5, 0.6) is 0 Å². The summed E-state index contributed by atoms with van der Waals surface area (Å²) < 4.78 is 0. The van der Waals surface area contributed by atoms with Crippen LogP contribution >= 0.6 is 0 Å². The van der Waals surface area contributed by atoms with Crippen LogP contribution in [0.25, 0.3) is 0 Å². The molecule has 120 valence electrons. The van der Waals surface area contributed by atoms with Gasteiger partial charge in [-0.2, -0.15) is 0 Å². The summed E-state index contributed by atoms with van der Waals surface area (Å²) in [6.45, 7) is 5.36. The molecule has 0 amide bonds. The second-order valence-corrected chi connectivity index (χ2v) is 6.59. The molecule has 5 atom stereocenters. The predicted octanol–water partition coefficient (Wildman–Crippen LogP) is 1.19. The van der Waals surface area contributed by atoms with Crippen LogP contribution in [0.2, 0.25) is 0 Å². The zero-order valence-corrected chi connectivity index (χ0v) is 13.2. The van der Waals surface area contributed by atoms with E-state index < -0.39 is 0 Å². The molecule has 1 saturated carbocycles. The summed E-state index contributed by atoms with van der Waals surface area (Å²) in [5.41, 5.74) is 7.52. The summed E-state index contributed by atoms with van der Waals surface area (Å²) >= 11 is 0. The Labute approximate surface area is 127 Å². The van der Waals surface area contributed by atoms with Crippen LogP contribution < -0.4 is 16.4 Å². The summed E-state index contributed by atoms with van der Waals surface area (Å²) in [5, 5.41) is 23.9. The molecule has 2 aliphatic rings.